The molecule has 0 saturated heterocycles. The monoisotopic (exact) mass is 231 g/mol. The van der Waals surface area contributed by atoms with Gasteiger partial charge in [0.05, 0.1) is 0 Å². The third kappa shape index (κ3) is 6.21. The molecule has 0 heterocycles. The number of nitriles is 1. The molecule has 92 valence electrons. The van der Waals surface area contributed by atoms with Crippen molar-refractivity contribution in [3.63, 3.8) is 0 Å². The third-order valence-corrected chi connectivity index (χ3v) is 1.65. The van der Waals surface area contributed by atoms with Crippen LogP contribution < -0.4 is 0 Å². The minimum absolute atomic E-state index is 0.345. The van der Waals surface area contributed by atoms with Crippen molar-refractivity contribution in [2.45, 2.75) is 27.7 Å². The van der Waals surface area contributed by atoms with E-state index in [1.165, 1.54) is 0 Å². The molecule has 2 heteroatoms. The first-order chi connectivity index (χ1) is 8.29. The Morgan fingerprint density at radius 3 is 2.24 bits per heavy atom. The van der Waals surface area contributed by atoms with Crippen molar-refractivity contribution in [2.75, 3.05) is 0 Å². The highest BCUT2D eigenvalue weighted by atomic mass is 16.5. The van der Waals surface area contributed by atoms with Crippen LogP contribution in [-0.2, 0) is 4.74 Å². The molecule has 0 saturated carbocycles. The SMILES string of the molecule is C=Cc1ccccc1C(=C)OC#N.CC.CC. The van der Waals surface area contributed by atoms with Gasteiger partial charge in [-0.05, 0) is 5.56 Å². The van der Waals surface area contributed by atoms with Gasteiger partial charge in [-0.2, -0.15) is 0 Å². The van der Waals surface area contributed by atoms with Gasteiger partial charge in [0.1, 0.15) is 5.76 Å². The van der Waals surface area contributed by atoms with Gasteiger partial charge in [0, 0.05) is 5.56 Å². The number of ether oxygens (including phenoxy) is 1. The molecule has 1 aromatic carbocycles. The van der Waals surface area contributed by atoms with Gasteiger partial charge in [-0.25, -0.2) is 0 Å². The van der Waals surface area contributed by atoms with Crippen LogP contribution >= 0.6 is 0 Å². The van der Waals surface area contributed by atoms with Crippen LogP contribution in [-0.4, -0.2) is 0 Å². The minimum Gasteiger partial charge on any atom is -0.388 e. The van der Waals surface area contributed by atoms with Gasteiger partial charge in [-0.1, -0.05) is 71.2 Å². The van der Waals surface area contributed by atoms with E-state index in [2.05, 4.69) is 17.9 Å². The van der Waals surface area contributed by atoms with Crippen LogP contribution in [0.4, 0.5) is 0 Å². The highest BCUT2D eigenvalue weighted by molar-refractivity contribution is 5.69. The van der Waals surface area contributed by atoms with Crippen LogP contribution in [0.2, 0.25) is 0 Å². The summed E-state index contributed by atoms with van der Waals surface area (Å²) in [5, 5.41) is 8.30. The largest absolute Gasteiger partial charge is 0.388 e. The van der Waals surface area contributed by atoms with Gasteiger partial charge in [0.2, 0.25) is 0 Å². The molecule has 17 heavy (non-hydrogen) atoms. The van der Waals surface area contributed by atoms with Crippen LogP contribution in [0.15, 0.2) is 37.4 Å². The molecule has 0 aliphatic rings. The second-order valence-corrected chi connectivity index (χ2v) is 2.41. The van der Waals surface area contributed by atoms with Gasteiger partial charge in [-0.15, -0.1) is 5.26 Å². The Morgan fingerprint density at radius 1 is 1.24 bits per heavy atom. The topological polar surface area (TPSA) is 33.0 Å². The van der Waals surface area contributed by atoms with E-state index in [0.29, 0.717) is 5.76 Å². The lowest BCUT2D eigenvalue weighted by atomic mass is 10.1. The fraction of sp³-hybridized carbons (Fsp3) is 0.267. The number of rotatable bonds is 3. The van der Waals surface area contributed by atoms with Crippen LogP contribution in [0, 0.1) is 11.5 Å². The maximum atomic E-state index is 8.30. The second-order valence-electron chi connectivity index (χ2n) is 2.41. The summed E-state index contributed by atoms with van der Waals surface area (Å²) in [5.74, 6) is 0.345. The smallest absolute Gasteiger partial charge is 0.292 e. The first kappa shape index (κ1) is 17.4. The first-order valence-corrected chi connectivity index (χ1v) is 5.76. The summed E-state index contributed by atoms with van der Waals surface area (Å²) >= 11 is 0. The van der Waals surface area contributed by atoms with Crippen molar-refractivity contribution in [2.24, 2.45) is 0 Å². The Balaban J connectivity index is 0. The standard InChI is InChI=1S/C11H9NO.2C2H6/c1-3-10-6-4-5-7-11(10)9(2)13-8-12;2*1-2/h3-7H,1-2H2;2*1-2H3. The van der Waals surface area contributed by atoms with Crippen molar-refractivity contribution in [3.05, 3.63) is 48.6 Å². The summed E-state index contributed by atoms with van der Waals surface area (Å²) < 4.78 is 4.63. The van der Waals surface area contributed by atoms with Crippen LogP contribution in [0.1, 0.15) is 38.8 Å². The van der Waals surface area contributed by atoms with E-state index >= 15 is 0 Å². The van der Waals surface area contributed by atoms with Gasteiger partial charge in [0.25, 0.3) is 6.26 Å². The molecule has 0 spiro atoms. The predicted octanol–water partition coefficient (Wildman–Crippen LogP) is 4.85. The maximum Gasteiger partial charge on any atom is 0.292 e. The van der Waals surface area contributed by atoms with E-state index in [9.17, 15) is 0 Å². The number of nitrogens with zero attached hydrogens (tertiary/aromatic N) is 1. The number of benzene rings is 1. The molecule has 1 rings (SSSR count). The summed E-state index contributed by atoms with van der Waals surface area (Å²) in [4.78, 5) is 0. The zero-order chi connectivity index (χ0) is 13.7. The zero-order valence-corrected chi connectivity index (χ0v) is 11.2. The fourth-order valence-corrected chi connectivity index (χ4v) is 1.04. The summed E-state index contributed by atoms with van der Waals surface area (Å²) in [6.45, 7) is 15.3. The summed E-state index contributed by atoms with van der Waals surface area (Å²) in [5.41, 5.74) is 1.70. The molecule has 0 aliphatic carbocycles. The first-order valence-electron chi connectivity index (χ1n) is 5.76. The Bertz CT molecular complexity index is 375. The summed E-state index contributed by atoms with van der Waals surface area (Å²) in [7, 11) is 0. The second kappa shape index (κ2) is 12.1. The Labute approximate surface area is 105 Å². The lowest BCUT2D eigenvalue weighted by molar-refractivity contribution is 0.464. The Morgan fingerprint density at radius 2 is 1.76 bits per heavy atom. The van der Waals surface area contributed by atoms with Gasteiger partial charge in [0.15, 0.2) is 0 Å². The van der Waals surface area contributed by atoms with Gasteiger partial charge >= 0.3 is 0 Å². The van der Waals surface area contributed by atoms with E-state index in [1.54, 1.807) is 12.3 Å². The highest BCUT2D eigenvalue weighted by Gasteiger charge is 2.03. The summed E-state index contributed by atoms with van der Waals surface area (Å²) in [6.07, 6.45) is 3.28. The quantitative estimate of drug-likeness (QED) is 0.550. The molecule has 0 aliphatic heterocycles. The normalized spacial score (nSPS) is 7.24. The minimum atomic E-state index is 0.345. The lowest BCUT2D eigenvalue weighted by Crippen LogP contribution is -1.88. The molecule has 0 bridgehead atoms. The molecule has 0 radical (unpaired) electrons. The fourth-order valence-electron chi connectivity index (χ4n) is 1.04. The molecular weight excluding hydrogens is 210 g/mol. The van der Waals surface area contributed by atoms with E-state index in [4.69, 9.17) is 5.26 Å². The Kier molecular flexibility index (Phi) is 12.3. The average molecular weight is 231 g/mol. The van der Waals surface area contributed by atoms with Crippen molar-refractivity contribution >= 4 is 11.8 Å². The van der Waals surface area contributed by atoms with E-state index in [1.807, 2.05) is 52.0 Å². The Hall–Kier alpha value is -2.01. The molecular formula is C15H21NO. The lowest BCUT2D eigenvalue weighted by Gasteiger charge is -2.04. The molecule has 0 N–H and O–H groups in total. The van der Waals surface area contributed by atoms with Crippen molar-refractivity contribution in [1.82, 2.24) is 0 Å². The summed E-state index contributed by atoms with van der Waals surface area (Å²) in [6, 6.07) is 7.46. The maximum absolute atomic E-state index is 8.30. The molecule has 0 aromatic heterocycles. The number of hydrogen-bond acceptors (Lipinski definition) is 2. The van der Waals surface area contributed by atoms with E-state index in [-0.39, 0.29) is 0 Å². The van der Waals surface area contributed by atoms with Crippen LogP contribution in [0.5, 0.6) is 0 Å². The van der Waals surface area contributed by atoms with Crippen molar-refractivity contribution in [3.8, 4) is 6.26 Å². The molecule has 2 nitrogen and oxygen atoms in total. The van der Waals surface area contributed by atoms with Crippen LogP contribution in [0.25, 0.3) is 11.8 Å². The molecule has 0 amide bonds. The number of hydrogen-bond donors (Lipinski definition) is 0. The van der Waals surface area contributed by atoms with Crippen molar-refractivity contribution < 1.29 is 4.74 Å². The van der Waals surface area contributed by atoms with Crippen molar-refractivity contribution in [1.29, 1.82) is 5.26 Å². The third-order valence-electron chi connectivity index (χ3n) is 1.65. The van der Waals surface area contributed by atoms with Crippen LogP contribution in [0.3, 0.4) is 0 Å². The molecule has 0 unspecified atom stereocenters. The highest BCUT2D eigenvalue weighted by Crippen LogP contribution is 2.18. The molecule has 0 fully saturated rings. The predicted molar refractivity (Wildman–Crippen MR) is 75.0 cm³/mol. The zero-order valence-electron chi connectivity index (χ0n) is 11.2. The van der Waals surface area contributed by atoms with E-state index in [0.717, 1.165) is 11.1 Å². The average Bonchev–Trinajstić information content (AvgIpc) is 2.43. The molecule has 0 atom stereocenters. The molecule has 1 aromatic rings. The van der Waals surface area contributed by atoms with E-state index < -0.39 is 0 Å². The van der Waals surface area contributed by atoms with Gasteiger partial charge in [-0.3, -0.25) is 0 Å². The van der Waals surface area contributed by atoms with Gasteiger partial charge < -0.3 is 4.74 Å².